The van der Waals surface area contributed by atoms with Gasteiger partial charge in [0.2, 0.25) is 5.89 Å². The average molecular weight is 407 g/mol. The van der Waals surface area contributed by atoms with Crippen LogP contribution in [0, 0.1) is 6.92 Å². The third kappa shape index (κ3) is 4.43. The zero-order valence-corrected chi connectivity index (χ0v) is 16.4. The number of oxazole rings is 1. The van der Waals surface area contributed by atoms with Crippen molar-refractivity contribution in [2.24, 2.45) is 0 Å². The van der Waals surface area contributed by atoms with Crippen molar-refractivity contribution in [2.45, 2.75) is 25.8 Å². The monoisotopic (exact) mass is 407 g/mol. The molecule has 1 N–H and O–H groups in total. The van der Waals surface area contributed by atoms with Crippen molar-refractivity contribution in [3.05, 3.63) is 78.1 Å². The fraction of sp³-hybridized carbons (Fsp3) is 0.227. The molecule has 0 fully saturated rings. The van der Waals surface area contributed by atoms with Crippen molar-refractivity contribution in [1.82, 2.24) is 14.7 Å². The van der Waals surface area contributed by atoms with Gasteiger partial charge in [0, 0.05) is 36.9 Å². The van der Waals surface area contributed by atoms with Gasteiger partial charge in [0.25, 0.3) is 5.88 Å². The van der Waals surface area contributed by atoms with Crippen LogP contribution in [0.15, 0.2) is 69.9 Å². The molecular weight excluding hydrogens is 386 g/mol. The summed E-state index contributed by atoms with van der Waals surface area (Å²) in [6.45, 7) is 2.21. The maximum absolute atomic E-state index is 11.5. The Morgan fingerprint density at radius 3 is 2.70 bits per heavy atom. The van der Waals surface area contributed by atoms with Gasteiger partial charge in [0.1, 0.15) is 17.6 Å². The minimum Gasteiger partial charge on any atom is -0.480 e. The lowest BCUT2D eigenvalue weighted by Crippen LogP contribution is -2.19. The summed E-state index contributed by atoms with van der Waals surface area (Å²) in [5.41, 5.74) is 1.74. The summed E-state index contributed by atoms with van der Waals surface area (Å²) >= 11 is 0. The Balaban J connectivity index is 1.34. The summed E-state index contributed by atoms with van der Waals surface area (Å²) in [5, 5.41) is 13.3. The molecule has 30 heavy (non-hydrogen) atoms. The Bertz CT molecular complexity index is 1100. The van der Waals surface area contributed by atoms with E-state index < -0.39 is 12.0 Å². The summed E-state index contributed by atoms with van der Waals surface area (Å²) in [4.78, 5) is 16.1. The molecule has 0 amide bonds. The molecule has 0 aliphatic heterocycles. The first-order valence-electron chi connectivity index (χ1n) is 9.55. The van der Waals surface area contributed by atoms with Crippen LogP contribution in [0.3, 0.4) is 0 Å². The molecule has 1 atom stereocenters. The van der Waals surface area contributed by atoms with E-state index in [1.165, 1.54) is 0 Å². The number of aliphatic carboxylic acids is 1. The van der Waals surface area contributed by atoms with E-state index in [0.29, 0.717) is 30.6 Å². The van der Waals surface area contributed by atoms with Crippen LogP contribution in [0.25, 0.3) is 11.5 Å². The zero-order valence-electron chi connectivity index (χ0n) is 16.4. The number of aromatic nitrogens is 3. The molecule has 0 aliphatic rings. The standard InChI is InChI=1S/C22H21N3O5/c1-15-18(23-21(29-15)16-7-3-2-4-8-16)9-12-28-20-14-17(30-24-20)13-19(22(26)27)25-10-5-6-11-25/h2-8,10-11,14,19H,9,12-13H2,1H3,(H,26,27). The summed E-state index contributed by atoms with van der Waals surface area (Å²) in [5.74, 6) is 1.13. The van der Waals surface area contributed by atoms with Crippen molar-refractivity contribution in [3.8, 4) is 17.3 Å². The molecule has 0 aliphatic carbocycles. The second-order valence-corrected chi connectivity index (χ2v) is 6.81. The molecule has 0 saturated carbocycles. The number of carbonyl (C=O) groups is 1. The lowest BCUT2D eigenvalue weighted by Gasteiger charge is -2.11. The van der Waals surface area contributed by atoms with Crippen molar-refractivity contribution in [3.63, 3.8) is 0 Å². The van der Waals surface area contributed by atoms with Crippen molar-refractivity contribution < 1.29 is 23.6 Å². The SMILES string of the molecule is Cc1oc(-c2ccccc2)nc1CCOc1cc(CC(C(=O)O)n2cccc2)on1. The number of rotatable bonds is 9. The molecule has 0 radical (unpaired) electrons. The zero-order chi connectivity index (χ0) is 20.9. The fourth-order valence-electron chi connectivity index (χ4n) is 3.14. The van der Waals surface area contributed by atoms with Gasteiger partial charge >= 0.3 is 5.97 Å². The van der Waals surface area contributed by atoms with Gasteiger partial charge in [-0.15, -0.1) is 0 Å². The van der Waals surface area contributed by atoms with Gasteiger partial charge in [-0.3, -0.25) is 0 Å². The van der Waals surface area contributed by atoms with Crippen LogP contribution < -0.4 is 4.74 Å². The first-order chi connectivity index (χ1) is 14.6. The number of hydrogen-bond acceptors (Lipinski definition) is 6. The second kappa shape index (κ2) is 8.69. The topological polar surface area (TPSA) is 104 Å². The molecule has 8 heteroatoms. The quantitative estimate of drug-likeness (QED) is 0.448. The summed E-state index contributed by atoms with van der Waals surface area (Å²) in [6.07, 6.45) is 4.13. The third-order valence-electron chi connectivity index (χ3n) is 4.71. The number of hydrogen-bond donors (Lipinski definition) is 1. The van der Waals surface area contributed by atoms with Crippen molar-refractivity contribution in [2.75, 3.05) is 6.61 Å². The highest BCUT2D eigenvalue weighted by Crippen LogP contribution is 2.22. The van der Waals surface area contributed by atoms with Gasteiger partial charge in [-0.1, -0.05) is 18.2 Å². The highest BCUT2D eigenvalue weighted by atomic mass is 16.5. The summed E-state index contributed by atoms with van der Waals surface area (Å²) in [6, 6.07) is 14.1. The van der Waals surface area contributed by atoms with Gasteiger partial charge in [-0.2, -0.15) is 0 Å². The van der Waals surface area contributed by atoms with Crippen LogP contribution in [0.2, 0.25) is 0 Å². The maximum atomic E-state index is 11.5. The molecular formula is C22H21N3O5. The predicted molar refractivity (Wildman–Crippen MR) is 107 cm³/mol. The van der Waals surface area contributed by atoms with E-state index in [9.17, 15) is 9.90 Å². The first-order valence-corrected chi connectivity index (χ1v) is 9.55. The fourth-order valence-corrected chi connectivity index (χ4v) is 3.14. The van der Waals surface area contributed by atoms with Gasteiger partial charge in [0.05, 0.1) is 12.3 Å². The molecule has 0 bridgehead atoms. The van der Waals surface area contributed by atoms with E-state index in [0.717, 1.165) is 17.0 Å². The second-order valence-electron chi connectivity index (χ2n) is 6.81. The van der Waals surface area contributed by atoms with Gasteiger partial charge in [-0.05, 0) is 36.3 Å². The number of aryl methyl sites for hydroxylation is 1. The van der Waals surface area contributed by atoms with Crippen LogP contribution in [0.5, 0.6) is 5.88 Å². The number of carboxylic acids is 1. The normalized spacial score (nSPS) is 12.0. The Morgan fingerprint density at radius 1 is 1.20 bits per heavy atom. The third-order valence-corrected chi connectivity index (χ3v) is 4.71. The lowest BCUT2D eigenvalue weighted by molar-refractivity contribution is -0.141. The lowest BCUT2D eigenvalue weighted by atomic mass is 10.1. The van der Waals surface area contributed by atoms with Crippen molar-refractivity contribution in [1.29, 1.82) is 0 Å². The molecule has 1 aromatic carbocycles. The van der Waals surface area contributed by atoms with Crippen LogP contribution in [-0.4, -0.2) is 32.4 Å². The van der Waals surface area contributed by atoms with E-state index in [4.69, 9.17) is 13.7 Å². The molecule has 0 saturated heterocycles. The van der Waals surface area contributed by atoms with Crippen molar-refractivity contribution >= 4 is 5.97 Å². The summed E-state index contributed by atoms with van der Waals surface area (Å²) in [7, 11) is 0. The summed E-state index contributed by atoms with van der Waals surface area (Å²) < 4.78 is 18.3. The van der Waals surface area contributed by atoms with E-state index in [2.05, 4.69) is 10.1 Å². The van der Waals surface area contributed by atoms with E-state index in [-0.39, 0.29) is 6.42 Å². The number of carboxylic acid groups (broad SMARTS) is 1. The average Bonchev–Trinajstić information content (AvgIpc) is 3.49. The van der Waals surface area contributed by atoms with E-state index in [1.54, 1.807) is 35.2 Å². The minimum absolute atomic E-state index is 0.170. The van der Waals surface area contributed by atoms with Crippen LogP contribution in [0.1, 0.15) is 23.3 Å². The first kappa shape index (κ1) is 19.5. The number of ether oxygens (including phenoxy) is 1. The highest BCUT2D eigenvalue weighted by Gasteiger charge is 2.22. The van der Waals surface area contributed by atoms with Crippen LogP contribution in [-0.2, 0) is 17.6 Å². The molecule has 4 rings (SSSR count). The van der Waals surface area contributed by atoms with Crippen LogP contribution >= 0.6 is 0 Å². The molecule has 1 unspecified atom stereocenters. The van der Waals surface area contributed by atoms with Gasteiger partial charge < -0.3 is 23.4 Å². The highest BCUT2D eigenvalue weighted by molar-refractivity contribution is 5.72. The number of benzene rings is 1. The van der Waals surface area contributed by atoms with Gasteiger partial charge in [-0.25, -0.2) is 9.78 Å². The van der Waals surface area contributed by atoms with E-state index in [1.807, 2.05) is 37.3 Å². The smallest absolute Gasteiger partial charge is 0.327 e. The Kier molecular flexibility index (Phi) is 5.65. The minimum atomic E-state index is -0.944. The molecule has 3 aromatic heterocycles. The Labute approximate surface area is 172 Å². The molecule has 0 spiro atoms. The molecule has 8 nitrogen and oxygen atoms in total. The van der Waals surface area contributed by atoms with Gasteiger partial charge in [0.15, 0.2) is 0 Å². The van der Waals surface area contributed by atoms with Crippen LogP contribution in [0.4, 0.5) is 0 Å². The predicted octanol–water partition coefficient (Wildman–Crippen LogP) is 3.93. The molecule has 3 heterocycles. The van der Waals surface area contributed by atoms with E-state index >= 15 is 0 Å². The Morgan fingerprint density at radius 2 is 1.97 bits per heavy atom. The molecule has 4 aromatic rings. The number of nitrogens with zero attached hydrogens (tertiary/aromatic N) is 3. The molecule has 154 valence electrons. The Hall–Kier alpha value is -3.81. The maximum Gasteiger partial charge on any atom is 0.327 e. The largest absolute Gasteiger partial charge is 0.480 e.